The Kier molecular flexibility index (Phi) is 5.08. The molecule has 7 heteroatoms. The minimum absolute atomic E-state index is 0.0201. The number of ether oxygens (including phenoxy) is 1. The maximum absolute atomic E-state index is 12.4. The third kappa shape index (κ3) is 3.72. The van der Waals surface area contributed by atoms with Crippen LogP contribution in [-0.4, -0.2) is 62.1 Å². The van der Waals surface area contributed by atoms with Gasteiger partial charge in [0.25, 0.3) is 0 Å². The standard InChI is InChI=1S/C17H20N4O3/c18-10-13-2-1-3-15(8-13)21-6-5-20(11-17(21)23)16(22)9-14-12-24-7-4-19-14/h1-3,8,14,19H,4-7,9,11-12H2. The van der Waals surface area contributed by atoms with Crippen LogP contribution in [0.3, 0.4) is 0 Å². The van der Waals surface area contributed by atoms with Crippen molar-refractivity contribution in [2.75, 3.05) is 44.3 Å². The summed E-state index contributed by atoms with van der Waals surface area (Å²) in [7, 11) is 0. The predicted molar refractivity (Wildman–Crippen MR) is 87.3 cm³/mol. The first-order valence-corrected chi connectivity index (χ1v) is 8.07. The molecule has 0 aromatic heterocycles. The summed E-state index contributed by atoms with van der Waals surface area (Å²) >= 11 is 0. The molecule has 1 aromatic rings. The Morgan fingerprint density at radius 1 is 1.42 bits per heavy atom. The van der Waals surface area contributed by atoms with Crippen LogP contribution in [0.1, 0.15) is 12.0 Å². The zero-order chi connectivity index (χ0) is 16.9. The molecule has 2 aliphatic rings. The van der Waals surface area contributed by atoms with Crippen LogP contribution in [-0.2, 0) is 14.3 Å². The highest BCUT2D eigenvalue weighted by Gasteiger charge is 2.29. The SMILES string of the molecule is N#Cc1cccc(N2CCN(C(=O)CC3COCCN3)CC2=O)c1. The number of hydrogen-bond donors (Lipinski definition) is 1. The lowest BCUT2D eigenvalue weighted by Gasteiger charge is -2.35. The van der Waals surface area contributed by atoms with Crippen LogP contribution in [0, 0.1) is 11.3 Å². The number of nitrogens with one attached hydrogen (secondary N) is 1. The number of carbonyl (C=O) groups excluding carboxylic acids is 2. The van der Waals surface area contributed by atoms with Crippen molar-refractivity contribution in [3.05, 3.63) is 29.8 Å². The fourth-order valence-corrected chi connectivity index (χ4v) is 2.99. The van der Waals surface area contributed by atoms with Crippen LogP contribution in [0.25, 0.3) is 0 Å². The van der Waals surface area contributed by atoms with E-state index in [4.69, 9.17) is 10.00 Å². The van der Waals surface area contributed by atoms with Gasteiger partial charge in [0.05, 0.1) is 24.8 Å². The van der Waals surface area contributed by atoms with Crippen molar-refractivity contribution >= 4 is 17.5 Å². The second kappa shape index (κ2) is 7.43. The second-order valence-electron chi connectivity index (χ2n) is 5.95. The number of nitrogens with zero attached hydrogens (tertiary/aromatic N) is 3. The first-order chi connectivity index (χ1) is 11.7. The molecular weight excluding hydrogens is 308 g/mol. The fourth-order valence-electron chi connectivity index (χ4n) is 2.99. The highest BCUT2D eigenvalue weighted by molar-refractivity contribution is 5.98. The molecular formula is C17H20N4O3. The number of anilines is 1. The molecule has 0 aliphatic carbocycles. The molecule has 2 amide bonds. The molecule has 126 valence electrons. The number of morpholine rings is 1. The Morgan fingerprint density at radius 3 is 3.00 bits per heavy atom. The lowest BCUT2D eigenvalue weighted by atomic mass is 10.1. The number of carbonyl (C=O) groups is 2. The molecule has 24 heavy (non-hydrogen) atoms. The van der Waals surface area contributed by atoms with Gasteiger partial charge < -0.3 is 19.9 Å². The Morgan fingerprint density at radius 2 is 2.29 bits per heavy atom. The number of amides is 2. The summed E-state index contributed by atoms with van der Waals surface area (Å²) in [5.74, 6) is -0.158. The van der Waals surface area contributed by atoms with E-state index in [1.165, 1.54) is 0 Å². The van der Waals surface area contributed by atoms with E-state index in [0.29, 0.717) is 44.0 Å². The first-order valence-electron chi connectivity index (χ1n) is 8.07. The van der Waals surface area contributed by atoms with E-state index in [1.54, 1.807) is 34.1 Å². The first kappa shape index (κ1) is 16.4. The van der Waals surface area contributed by atoms with Crippen LogP contribution in [0.5, 0.6) is 0 Å². The molecule has 3 rings (SSSR count). The molecule has 1 atom stereocenters. The molecule has 1 aromatic carbocycles. The molecule has 0 saturated carbocycles. The predicted octanol–water partition coefficient (Wildman–Crippen LogP) is 0.112. The monoisotopic (exact) mass is 328 g/mol. The molecule has 2 aliphatic heterocycles. The maximum atomic E-state index is 12.4. The Bertz CT molecular complexity index is 664. The van der Waals surface area contributed by atoms with E-state index in [-0.39, 0.29) is 24.4 Å². The van der Waals surface area contributed by atoms with Gasteiger partial charge in [-0.15, -0.1) is 0 Å². The summed E-state index contributed by atoms with van der Waals surface area (Å²) in [4.78, 5) is 28.0. The van der Waals surface area contributed by atoms with Crippen molar-refractivity contribution in [1.29, 1.82) is 5.26 Å². The fraction of sp³-hybridized carbons (Fsp3) is 0.471. The van der Waals surface area contributed by atoms with Gasteiger partial charge in [-0.2, -0.15) is 5.26 Å². The normalized spacial score (nSPS) is 21.5. The molecule has 2 saturated heterocycles. The second-order valence-corrected chi connectivity index (χ2v) is 5.95. The topological polar surface area (TPSA) is 85.7 Å². The number of rotatable bonds is 3. The van der Waals surface area contributed by atoms with Gasteiger partial charge in [0, 0.05) is 37.8 Å². The summed E-state index contributed by atoms with van der Waals surface area (Å²) in [6.45, 7) is 2.95. The highest BCUT2D eigenvalue weighted by Crippen LogP contribution is 2.19. The van der Waals surface area contributed by atoms with E-state index in [2.05, 4.69) is 11.4 Å². The van der Waals surface area contributed by atoms with Crippen molar-refractivity contribution in [3.63, 3.8) is 0 Å². The van der Waals surface area contributed by atoms with Crippen LogP contribution in [0.4, 0.5) is 5.69 Å². The zero-order valence-electron chi connectivity index (χ0n) is 13.4. The molecule has 0 bridgehead atoms. The molecule has 2 heterocycles. The van der Waals surface area contributed by atoms with Gasteiger partial charge in [0.1, 0.15) is 6.54 Å². The highest BCUT2D eigenvalue weighted by atomic mass is 16.5. The summed E-state index contributed by atoms with van der Waals surface area (Å²) in [5, 5.41) is 12.2. The maximum Gasteiger partial charge on any atom is 0.246 e. The number of piperazine rings is 1. The zero-order valence-corrected chi connectivity index (χ0v) is 13.4. The minimum Gasteiger partial charge on any atom is -0.378 e. The van der Waals surface area contributed by atoms with Gasteiger partial charge in [-0.1, -0.05) is 6.07 Å². The lowest BCUT2D eigenvalue weighted by Crippen LogP contribution is -2.54. The van der Waals surface area contributed by atoms with E-state index in [9.17, 15) is 9.59 Å². The summed E-state index contributed by atoms with van der Waals surface area (Å²) < 4.78 is 5.35. The smallest absolute Gasteiger partial charge is 0.246 e. The Balaban J connectivity index is 1.59. The molecule has 2 fully saturated rings. The van der Waals surface area contributed by atoms with E-state index in [1.807, 2.05) is 0 Å². The van der Waals surface area contributed by atoms with Crippen LogP contribution in [0.15, 0.2) is 24.3 Å². The number of hydrogen-bond acceptors (Lipinski definition) is 5. The van der Waals surface area contributed by atoms with E-state index in [0.717, 1.165) is 6.54 Å². The van der Waals surface area contributed by atoms with Crippen molar-refractivity contribution in [2.45, 2.75) is 12.5 Å². The molecule has 1 unspecified atom stereocenters. The van der Waals surface area contributed by atoms with Crippen LogP contribution < -0.4 is 10.2 Å². The Labute approximate surface area is 140 Å². The van der Waals surface area contributed by atoms with E-state index < -0.39 is 0 Å². The van der Waals surface area contributed by atoms with Gasteiger partial charge in [-0.25, -0.2) is 0 Å². The molecule has 1 N–H and O–H groups in total. The summed E-state index contributed by atoms with van der Waals surface area (Å²) in [6.07, 6.45) is 0.344. The largest absolute Gasteiger partial charge is 0.378 e. The molecule has 0 spiro atoms. The lowest BCUT2D eigenvalue weighted by molar-refractivity contribution is -0.137. The van der Waals surface area contributed by atoms with Gasteiger partial charge in [-0.3, -0.25) is 9.59 Å². The van der Waals surface area contributed by atoms with Gasteiger partial charge in [-0.05, 0) is 18.2 Å². The van der Waals surface area contributed by atoms with Crippen molar-refractivity contribution in [1.82, 2.24) is 10.2 Å². The van der Waals surface area contributed by atoms with Gasteiger partial charge in [0.2, 0.25) is 11.8 Å². The average Bonchev–Trinajstić information content (AvgIpc) is 2.62. The quantitative estimate of drug-likeness (QED) is 0.851. The number of benzene rings is 1. The van der Waals surface area contributed by atoms with Crippen molar-refractivity contribution in [2.24, 2.45) is 0 Å². The molecule has 0 radical (unpaired) electrons. The van der Waals surface area contributed by atoms with Gasteiger partial charge in [0.15, 0.2) is 0 Å². The average molecular weight is 328 g/mol. The third-order valence-corrected chi connectivity index (χ3v) is 4.28. The van der Waals surface area contributed by atoms with Gasteiger partial charge >= 0.3 is 0 Å². The summed E-state index contributed by atoms with van der Waals surface area (Å²) in [5.41, 5.74) is 1.22. The third-order valence-electron chi connectivity index (χ3n) is 4.28. The van der Waals surface area contributed by atoms with Crippen LogP contribution >= 0.6 is 0 Å². The van der Waals surface area contributed by atoms with E-state index >= 15 is 0 Å². The Hall–Kier alpha value is -2.43. The molecule has 7 nitrogen and oxygen atoms in total. The van der Waals surface area contributed by atoms with Crippen molar-refractivity contribution < 1.29 is 14.3 Å². The minimum atomic E-state index is -0.127. The number of nitriles is 1. The van der Waals surface area contributed by atoms with Crippen molar-refractivity contribution in [3.8, 4) is 6.07 Å². The summed E-state index contributed by atoms with van der Waals surface area (Å²) in [6, 6.07) is 9.05. The van der Waals surface area contributed by atoms with Crippen LogP contribution in [0.2, 0.25) is 0 Å².